The number of rotatable bonds is 7. The Kier molecular flexibility index (Phi) is 5.94. The highest BCUT2D eigenvalue weighted by Crippen LogP contribution is 2.32. The first kappa shape index (κ1) is 22.6. The van der Waals surface area contributed by atoms with E-state index in [2.05, 4.69) is 25.5 Å². The highest BCUT2D eigenvalue weighted by Gasteiger charge is 2.31. The van der Waals surface area contributed by atoms with Crippen LogP contribution in [0.25, 0.3) is 10.9 Å². The van der Waals surface area contributed by atoms with E-state index in [1.165, 1.54) is 0 Å². The molecule has 180 valence electrons. The van der Waals surface area contributed by atoms with E-state index >= 15 is 0 Å². The number of aromatic amines is 1. The van der Waals surface area contributed by atoms with Crippen molar-refractivity contribution >= 4 is 40.0 Å². The van der Waals surface area contributed by atoms with Crippen LogP contribution in [-0.4, -0.2) is 56.7 Å². The Balaban J connectivity index is 1.56. The molecule has 3 N–H and O–H groups in total. The molecule has 35 heavy (non-hydrogen) atoms. The van der Waals surface area contributed by atoms with E-state index in [0.29, 0.717) is 47.7 Å². The van der Waals surface area contributed by atoms with Crippen molar-refractivity contribution in [2.45, 2.75) is 32.2 Å². The van der Waals surface area contributed by atoms with Gasteiger partial charge in [-0.2, -0.15) is 5.10 Å². The number of anilines is 3. The third kappa shape index (κ3) is 4.46. The average molecular weight is 475 g/mol. The summed E-state index contributed by atoms with van der Waals surface area (Å²) in [4.78, 5) is 36.1. The van der Waals surface area contributed by atoms with Crippen LogP contribution in [0.3, 0.4) is 0 Å². The smallest absolute Gasteiger partial charge is 0.326 e. The summed E-state index contributed by atoms with van der Waals surface area (Å²) in [6.45, 7) is 2.54. The number of nitrogens with zero attached hydrogens (tertiary/aromatic N) is 4. The Morgan fingerprint density at radius 2 is 2.11 bits per heavy atom. The van der Waals surface area contributed by atoms with Crippen molar-refractivity contribution in [2.75, 3.05) is 23.9 Å². The number of methoxy groups -OCH3 is 1. The van der Waals surface area contributed by atoms with Gasteiger partial charge in [0.05, 0.1) is 12.6 Å². The van der Waals surface area contributed by atoms with Crippen molar-refractivity contribution in [2.24, 2.45) is 5.92 Å². The lowest BCUT2D eigenvalue weighted by atomic mass is 9.95. The predicted octanol–water partition coefficient (Wildman–Crippen LogP) is 3.75. The average Bonchev–Trinajstić information content (AvgIpc) is 3.52. The zero-order valence-corrected chi connectivity index (χ0v) is 19.5. The molecule has 1 aliphatic carbocycles. The number of ether oxygens (including phenoxy) is 1. The van der Waals surface area contributed by atoms with Crippen molar-refractivity contribution < 1.29 is 19.4 Å². The molecule has 0 bridgehead atoms. The number of aryl methyl sites for hydroxylation is 1. The lowest BCUT2D eigenvalue weighted by Crippen LogP contribution is -2.35. The standard InChI is InChI=1S/C25H26N6O4/c1-14-12-21(30-29-14)27-23-18-10-7-16(31-11-3-4-20(31)25(33)34)13-19(18)26-24(28-23)22(32)15-5-8-17(35-2)9-6-15/h5,7-10,12-13,15,20H,3-4,6,11H2,1-2H3,(H,33,34)(H2,26,27,28,29,30). The van der Waals surface area contributed by atoms with E-state index in [-0.39, 0.29) is 11.6 Å². The van der Waals surface area contributed by atoms with Gasteiger partial charge in [0.1, 0.15) is 17.6 Å². The molecule has 3 aromatic rings. The number of carboxylic acids is 1. The topological polar surface area (TPSA) is 133 Å². The minimum atomic E-state index is -0.843. The Morgan fingerprint density at radius 3 is 2.80 bits per heavy atom. The second-order valence-corrected chi connectivity index (χ2v) is 8.72. The molecule has 10 nitrogen and oxygen atoms in total. The van der Waals surface area contributed by atoms with E-state index in [1.54, 1.807) is 19.3 Å². The summed E-state index contributed by atoms with van der Waals surface area (Å²) in [5, 5.41) is 20.6. The van der Waals surface area contributed by atoms with Crippen molar-refractivity contribution in [1.29, 1.82) is 0 Å². The van der Waals surface area contributed by atoms with E-state index < -0.39 is 17.9 Å². The lowest BCUT2D eigenvalue weighted by molar-refractivity contribution is -0.138. The number of carbonyl (C=O) groups excluding carboxylic acids is 1. The van der Waals surface area contributed by atoms with Crippen LogP contribution in [0.15, 0.2) is 48.3 Å². The number of carbonyl (C=O) groups is 2. The van der Waals surface area contributed by atoms with E-state index in [1.807, 2.05) is 42.2 Å². The largest absolute Gasteiger partial charge is 0.497 e. The minimum absolute atomic E-state index is 0.0875. The Hall–Kier alpha value is -4.21. The molecule has 2 atom stereocenters. The van der Waals surface area contributed by atoms with Gasteiger partial charge >= 0.3 is 5.97 Å². The maximum atomic E-state index is 13.3. The summed E-state index contributed by atoms with van der Waals surface area (Å²) >= 11 is 0. The molecule has 2 unspecified atom stereocenters. The molecule has 0 spiro atoms. The molecule has 0 amide bonds. The van der Waals surface area contributed by atoms with Gasteiger partial charge in [-0.1, -0.05) is 6.08 Å². The van der Waals surface area contributed by atoms with Gasteiger partial charge in [0.25, 0.3) is 0 Å². The molecule has 1 aromatic carbocycles. The maximum absolute atomic E-state index is 13.3. The predicted molar refractivity (Wildman–Crippen MR) is 131 cm³/mol. The molecular weight excluding hydrogens is 448 g/mol. The zero-order valence-electron chi connectivity index (χ0n) is 19.5. The summed E-state index contributed by atoms with van der Waals surface area (Å²) in [5.74, 6) is 0.388. The number of nitrogens with one attached hydrogen (secondary N) is 2. The van der Waals surface area contributed by atoms with Gasteiger partial charge in [0, 0.05) is 35.3 Å². The van der Waals surface area contributed by atoms with Crippen LogP contribution in [0, 0.1) is 12.8 Å². The lowest BCUT2D eigenvalue weighted by Gasteiger charge is -2.24. The van der Waals surface area contributed by atoms with Gasteiger partial charge in [0.2, 0.25) is 5.78 Å². The normalized spacial score (nSPS) is 19.6. The van der Waals surface area contributed by atoms with Crippen molar-refractivity contribution in [1.82, 2.24) is 20.2 Å². The number of hydrogen-bond acceptors (Lipinski definition) is 8. The van der Waals surface area contributed by atoms with Crippen LogP contribution in [0.1, 0.15) is 35.6 Å². The highest BCUT2D eigenvalue weighted by molar-refractivity contribution is 6.01. The molecule has 1 fully saturated rings. The molecule has 2 aromatic heterocycles. The summed E-state index contributed by atoms with van der Waals surface area (Å²) in [7, 11) is 1.59. The number of benzene rings is 1. The molecule has 10 heteroatoms. The van der Waals surface area contributed by atoms with Crippen LogP contribution >= 0.6 is 0 Å². The van der Waals surface area contributed by atoms with Gasteiger partial charge in [-0.3, -0.25) is 9.89 Å². The van der Waals surface area contributed by atoms with Crippen molar-refractivity contribution in [3.8, 4) is 0 Å². The molecule has 2 aliphatic rings. The summed E-state index contributed by atoms with van der Waals surface area (Å²) in [5.41, 5.74) is 2.19. The summed E-state index contributed by atoms with van der Waals surface area (Å²) < 4.78 is 5.22. The van der Waals surface area contributed by atoms with Crippen molar-refractivity contribution in [3.63, 3.8) is 0 Å². The molecular formula is C25H26N6O4. The molecule has 0 radical (unpaired) electrons. The summed E-state index contributed by atoms with van der Waals surface area (Å²) in [6, 6.07) is 6.82. The Bertz CT molecular complexity index is 1360. The van der Waals surface area contributed by atoms with E-state index in [0.717, 1.165) is 17.8 Å². The van der Waals surface area contributed by atoms with Gasteiger partial charge < -0.3 is 20.1 Å². The number of aliphatic carboxylic acids is 1. The summed E-state index contributed by atoms with van der Waals surface area (Å²) in [6.07, 6.45) is 7.34. The van der Waals surface area contributed by atoms with Crippen molar-refractivity contribution in [3.05, 3.63) is 59.8 Å². The quantitative estimate of drug-likeness (QED) is 0.438. The molecule has 0 saturated carbocycles. The molecule has 5 rings (SSSR count). The van der Waals surface area contributed by atoms with E-state index in [9.17, 15) is 14.7 Å². The number of Topliss-reactive ketones (excluding diaryl/α,β-unsaturated/α-hetero) is 1. The fourth-order valence-electron chi connectivity index (χ4n) is 4.55. The Morgan fingerprint density at radius 1 is 1.26 bits per heavy atom. The van der Waals surface area contributed by atoms with Crippen LogP contribution in [0.5, 0.6) is 0 Å². The van der Waals surface area contributed by atoms with Crippen LogP contribution < -0.4 is 10.2 Å². The van der Waals surface area contributed by atoms with Crippen LogP contribution in [0.2, 0.25) is 0 Å². The molecule has 1 aliphatic heterocycles. The molecule has 3 heterocycles. The fraction of sp³-hybridized carbons (Fsp3) is 0.320. The number of aromatic nitrogens is 4. The number of carboxylic acid groups (broad SMARTS) is 1. The number of allylic oxidation sites excluding steroid dienone is 3. The van der Waals surface area contributed by atoms with Crippen LogP contribution in [-0.2, 0) is 9.53 Å². The number of ketones is 1. The van der Waals surface area contributed by atoms with Gasteiger partial charge in [0.15, 0.2) is 11.6 Å². The molecule has 1 saturated heterocycles. The first-order chi connectivity index (χ1) is 16.9. The number of hydrogen-bond donors (Lipinski definition) is 3. The maximum Gasteiger partial charge on any atom is 0.326 e. The number of H-pyrrole nitrogens is 1. The van der Waals surface area contributed by atoms with Crippen LogP contribution in [0.4, 0.5) is 17.3 Å². The third-order valence-electron chi connectivity index (χ3n) is 6.36. The monoisotopic (exact) mass is 474 g/mol. The highest BCUT2D eigenvalue weighted by atomic mass is 16.5. The second kappa shape index (κ2) is 9.21. The Labute approximate surface area is 201 Å². The number of fused-ring (bicyclic) bond motifs is 1. The first-order valence-electron chi connectivity index (χ1n) is 11.5. The SMILES string of the molecule is COC1=CCC(C(=O)c2nc(Nc3cc(C)[nH]n3)c3ccc(N4CCCC4C(=O)O)cc3n2)C=C1. The van der Waals surface area contributed by atoms with E-state index in [4.69, 9.17) is 4.74 Å². The minimum Gasteiger partial charge on any atom is -0.497 e. The first-order valence-corrected chi connectivity index (χ1v) is 11.5. The van der Waals surface area contributed by atoms with Gasteiger partial charge in [-0.25, -0.2) is 14.8 Å². The fourth-order valence-corrected chi connectivity index (χ4v) is 4.55. The second-order valence-electron chi connectivity index (χ2n) is 8.72. The van der Waals surface area contributed by atoms with Gasteiger partial charge in [-0.15, -0.1) is 0 Å². The third-order valence-corrected chi connectivity index (χ3v) is 6.36. The zero-order chi connectivity index (χ0) is 24.5. The van der Waals surface area contributed by atoms with Gasteiger partial charge in [-0.05, 0) is 56.5 Å².